The molecule has 9 nitrogen and oxygen atoms in total. The summed E-state index contributed by atoms with van der Waals surface area (Å²) in [6.07, 6.45) is 3.30. The van der Waals surface area contributed by atoms with Crippen molar-refractivity contribution < 1.29 is 22.4 Å². The second-order valence-electron chi connectivity index (χ2n) is 7.51. The van der Waals surface area contributed by atoms with Crippen molar-refractivity contribution in [1.82, 2.24) is 10.9 Å². The van der Waals surface area contributed by atoms with Crippen LogP contribution in [0, 0.1) is 0 Å². The molecule has 0 bridgehead atoms. The number of methoxy groups -OCH3 is 2. The molecule has 2 aliphatic carbocycles. The fourth-order valence-electron chi connectivity index (χ4n) is 3.92. The van der Waals surface area contributed by atoms with E-state index in [1.54, 1.807) is 26.0 Å². The quantitative estimate of drug-likeness (QED) is 0.201. The summed E-state index contributed by atoms with van der Waals surface area (Å²) >= 11 is 1.71. The first kappa shape index (κ1) is 23.3. The van der Waals surface area contributed by atoms with Crippen LogP contribution in [0.2, 0.25) is 0 Å². The van der Waals surface area contributed by atoms with Crippen molar-refractivity contribution in [3.63, 3.8) is 0 Å². The number of thioether (sulfide) groups is 1. The van der Waals surface area contributed by atoms with Crippen molar-refractivity contribution in [2.45, 2.75) is 85.2 Å². The first-order chi connectivity index (χ1) is 12.7. The van der Waals surface area contributed by atoms with Gasteiger partial charge in [0.2, 0.25) is 0 Å². The minimum absolute atomic E-state index is 0.00435. The zero-order valence-corrected chi connectivity index (χ0v) is 17.8. The molecule has 0 heterocycles. The Morgan fingerprint density at radius 2 is 1.81 bits per heavy atom. The topological polar surface area (TPSA) is 149 Å². The third kappa shape index (κ3) is 6.51. The van der Waals surface area contributed by atoms with Gasteiger partial charge in [0, 0.05) is 37.6 Å². The summed E-state index contributed by atoms with van der Waals surface area (Å²) in [5, 5.41) is -0.717. The van der Waals surface area contributed by atoms with Crippen LogP contribution in [-0.4, -0.2) is 73.4 Å². The maximum atomic E-state index is 11.8. The summed E-state index contributed by atoms with van der Waals surface area (Å²) in [6.45, 7) is 1.99. The van der Waals surface area contributed by atoms with E-state index in [-0.39, 0.29) is 35.3 Å². The highest BCUT2D eigenvalue weighted by Crippen LogP contribution is 2.31. The lowest BCUT2D eigenvalue weighted by Crippen LogP contribution is -2.60. The van der Waals surface area contributed by atoms with Gasteiger partial charge in [-0.1, -0.05) is 0 Å². The van der Waals surface area contributed by atoms with Crippen LogP contribution in [0.3, 0.4) is 0 Å². The number of rotatable bonds is 8. The van der Waals surface area contributed by atoms with E-state index >= 15 is 0 Å². The van der Waals surface area contributed by atoms with Crippen LogP contribution in [0.25, 0.3) is 0 Å². The number of hydrazine groups is 1. The normalized spacial score (nSPS) is 39.3. The van der Waals surface area contributed by atoms with Crippen LogP contribution in [0.5, 0.6) is 0 Å². The first-order valence-corrected chi connectivity index (χ1v) is 11.8. The molecule has 160 valence electrons. The van der Waals surface area contributed by atoms with E-state index in [2.05, 4.69) is 10.9 Å². The van der Waals surface area contributed by atoms with Gasteiger partial charge in [0.25, 0.3) is 10.1 Å². The fraction of sp³-hybridized carbons (Fsp3) is 1.00. The van der Waals surface area contributed by atoms with E-state index in [0.29, 0.717) is 6.42 Å². The highest BCUT2D eigenvalue weighted by molar-refractivity contribution is 8.00. The molecule has 0 aromatic heterocycles. The molecule has 2 rings (SSSR count). The molecular weight excluding hydrogens is 392 g/mol. The van der Waals surface area contributed by atoms with E-state index in [9.17, 15) is 13.0 Å². The minimum Gasteiger partial charge on any atom is -0.381 e. The Labute approximate surface area is 166 Å². The van der Waals surface area contributed by atoms with Gasteiger partial charge in [-0.05, 0) is 39.0 Å². The van der Waals surface area contributed by atoms with Crippen LogP contribution >= 0.6 is 11.8 Å². The maximum absolute atomic E-state index is 11.8. The number of hydrogen-bond donors (Lipinski definition) is 5. The Hall–Kier alpha value is 0.0200. The molecule has 27 heavy (non-hydrogen) atoms. The van der Waals surface area contributed by atoms with Crippen LogP contribution in [0.15, 0.2) is 0 Å². The average molecular weight is 427 g/mol. The molecule has 0 aromatic carbocycles. The zero-order valence-electron chi connectivity index (χ0n) is 16.2. The van der Waals surface area contributed by atoms with Crippen LogP contribution in [0.1, 0.15) is 39.0 Å². The number of nitrogens with one attached hydrogen (secondary N) is 2. The Kier molecular flexibility index (Phi) is 8.78. The number of hydrogen-bond acceptors (Lipinski definition) is 9. The van der Waals surface area contributed by atoms with Gasteiger partial charge in [0.1, 0.15) is 5.25 Å². The van der Waals surface area contributed by atoms with E-state index < -0.39 is 27.5 Å². The fourth-order valence-corrected chi connectivity index (χ4v) is 6.30. The zero-order chi connectivity index (χ0) is 20.2. The summed E-state index contributed by atoms with van der Waals surface area (Å²) in [6, 6.07) is -0.820. The molecule has 0 spiro atoms. The Balaban J connectivity index is 1.92. The first-order valence-electron chi connectivity index (χ1n) is 9.35. The highest BCUT2D eigenvalue weighted by atomic mass is 32.2. The molecule has 0 amide bonds. The van der Waals surface area contributed by atoms with E-state index in [1.165, 1.54) is 0 Å². The van der Waals surface area contributed by atoms with Gasteiger partial charge < -0.3 is 20.9 Å². The van der Waals surface area contributed by atoms with Crippen LogP contribution in [0.4, 0.5) is 0 Å². The molecular formula is C16H34N4O5S2. The Morgan fingerprint density at radius 1 is 1.11 bits per heavy atom. The molecule has 8 unspecified atom stereocenters. The Bertz CT molecular complexity index is 567. The maximum Gasteiger partial charge on any atom is 0.269 e. The molecule has 0 radical (unpaired) electrons. The molecule has 8 atom stereocenters. The van der Waals surface area contributed by atoms with Crippen LogP contribution < -0.4 is 22.3 Å². The smallest absolute Gasteiger partial charge is 0.269 e. The standard InChI is InChI=1S/C16H34N4O5S2/c1-9(26-15-6-10(24-2)4-5-11(15)17)19-20-13-8-14(25-3)12(18)7-16(13)27(21,22)23/h9-16,19-20H,4-8,17-18H2,1-3H3,(H,21,22,23). The SMILES string of the molecule is COC1CCC(N)C(SC(C)NNC2CC(OC)C(N)CC2S(=O)(=O)O)C1. The monoisotopic (exact) mass is 426 g/mol. The van der Waals surface area contributed by atoms with E-state index in [1.807, 2.05) is 6.92 Å². The van der Waals surface area contributed by atoms with Crippen molar-refractivity contribution in [2.24, 2.45) is 11.5 Å². The molecule has 0 aliphatic heterocycles. The van der Waals surface area contributed by atoms with Gasteiger partial charge in [0.05, 0.1) is 17.6 Å². The van der Waals surface area contributed by atoms with Crippen LogP contribution in [-0.2, 0) is 19.6 Å². The summed E-state index contributed by atoms with van der Waals surface area (Å²) in [4.78, 5) is 0. The summed E-state index contributed by atoms with van der Waals surface area (Å²) in [5.41, 5.74) is 18.5. The Morgan fingerprint density at radius 3 is 2.41 bits per heavy atom. The summed E-state index contributed by atoms with van der Waals surface area (Å²) in [5.74, 6) is 0. The van der Waals surface area contributed by atoms with E-state index in [4.69, 9.17) is 20.9 Å². The van der Waals surface area contributed by atoms with Gasteiger partial charge >= 0.3 is 0 Å². The molecule has 11 heteroatoms. The molecule has 2 saturated carbocycles. The second-order valence-corrected chi connectivity index (χ2v) is 10.7. The highest BCUT2D eigenvalue weighted by Gasteiger charge is 2.42. The van der Waals surface area contributed by atoms with Crippen molar-refractivity contribution in [1.29, 1.82) is 0 Å². The van der Waals surface area contributed by atoms with Crippen molar-refractivity contribution in [3.8, 4) is 0 Å². The number of ether oxygens (including phenoxy) is 2. The summed E-state index contributed by atoms with van der Waals surface area (Å²) in [7, 11) is -0.938. The van der Waals surface area contributed by atoms with E-state index in [0.717, 1.165) is 19.3 Å². The lowest BCUT2D eigenvalue weighted by Gasteiger charge is -2.39. The third-order valence-electron chi connectivity index (χ3n) is 5.58. The molecule has 2 fully saturated rings. The predicted octanol–water partition coefficient (Wildman–Crippen LogP) is -0.184. The lowest BCUT2D eigenvalue weighted by molar-refractivity contribution is 0.0409. The summed E-state index contributed by atoms with van der Waals surface area (Å²) < 4.78 is 43.9. The molecule has 7 N–H and O–H groups in total. The largest absolute Gasteiger partial charge is 0.381 e. The van der Waals surface area contributed by atoms with Gasteiger partial charge in [0.15, 0.2) is 0 Å². The van der Waals surface area contributed by atoms with Gasteiger partial charge in [-0.3, -0.25) is 9.98 Å². The third-order valence-corrected chi connectivity index (χ3v) is 8.29. The number of nitrogens with two attached hydrogens (primary N) is 2. The van der Waals surface area contributed by atoms with Gasteiger partial charge in [-0.2, -0.15) is 8.42 Å². The molecule has 2 aliphatic rings. The van der Waals surface area contributed by atoms with Gasteiger partial charge in [-0.15, -0.1) is 11.8 Å². The minimum atomic E-state index is -4.22. The average Bonchev–Trinajstić information content (AvgIpc) is 2.61. The predicted molar refractivity (Wildman–Crippen MR) is 107 cm³/mol. The second kappa shape index (κ2) is 10.2. The van der Waals surface area contributed by atoms with Gasteiger partial charge in [-0.25, -0.2) is 5.43 Å². The van der Waals surface area contributed by atoms with Crippen molar-refractivity contribution in [3.05, 3.63) is 0 Å². The van der Waals surface area contributed by atoms with Crippen molar-refractivity contribution in [2.75, 3.05) is 14.2 Å². The lowest BCUT2D eigenvalue weighted by atomic mass is 9.89. The molecule has 0 saturated heterocycles. The van der Waals surface area contributed by atoms with Crippen molar-refractivity contribution >= 4 is 21.9 Å². The molecule has 0 aromatic rings.